The van der Waals surface area contributed by atoms with Gasteiger partial charge in [-0.2, -0.15) is 30.7 Å². The predicted octanol–water partition coefficient (Wildman–Crippen LogP) is 3.10. The molecule has 19 heavy (non-hydrogen) atoms. The first kappa shape index (κ1) is 18.6. The summed E-state index contributed by atoms with van der Waals surface area (Å²) in [6.45, 7) is 0.298. The molecule has 116 valence electrons. The number of rotatable bonds is 5. The summed E-state index contributed by atoms with van der Waals surface area (Å²) < 4.78 is 102. The van der Waals surface area contributed by atoms with Crippen molar-refractivity contribution >= 4 is 7.82 Å². The van der Waals surface area contributed by atoms with E-state index in [1.165, 1.54) is 0 Å². The molecule has 0 saturated heterocycles. The van der Waals surface area contributed by atoms with E-state index in [4.69, 9.17) is 9.79 Å². The van der Waals surface area contributed by atoms with Gasteiger partial charge in [0.15, 0.2) is 0 Å². The Balaban J connectivity index is 5.40. The summed E-state index contributed by atoms with van der Waals surface area (Å²) in [5, 5.41) is 0. The van der Waals surface area contributed by atoms with Gasteiger partial charge in [-0.1, -0.05) is 0 Å². The van der Waals surface area contributed by atoms with Crippen molar-refractivity contribution in [2.45, 2.75) is 43.9 Å². The van der Waals surface area contributed by atoms with Crippen molar-refractivity contribution in [3.8, 4) is 0 Å². The van der Waals surface area contributed by atoms with E-state index < -0.39 is 37.9 Å². The molecule has 0 aromatic rings. The van der Waals surface area contributed by atoms with E-state index in [-0.39, 0.29) is 13.8 Å². The van der Waals surface area contributed by atoms with Crippen LogP contribution in [0.5, 0.6) is 0 Å². The number of hydrogen-bond donors (Lipinski definition) is 2. The lowest BCUT2D eigenvalue weighted by molar-refractivity contribution is -0.306. The molecule has 4 nitrogen and oxygen atoms in total. The highest BCUT2D eigenvalue weighted by molar-refractivity contribution is 7.46. The SMILES string of the molecule is CC(C)(OP(=O)(O)O)C(F)(F)C(F)(F)CC(F)(F)F. The van der Waals surface area contributed by atoms with Crippen molar-refractivity contribution in [1.29, 1.82) is 0 Å². The minimum absolute atomic E-state index is 0.149. The van der Waals surface area contributed by atoms with Crippen LogP contribution in [-0.2, 0) is 9.09 Å². The van der Waals surface area contributed by atoms with Gasteiger partial charge in [0, 0.05) is 0 Å². The summed E-state index contributed by atoms with van der Waals surface area (Å²) in [5.41, 5.74) is -3.51. The largest absolute Gasteiger partial charge is 0.470 e. The summed E-state index contributed by atoms with van der Waals surface area (Å²) in [6.07, 6.45) is -8.74. The third-order valence-electron chi connectivity index (χ3n) is 1.99. The van der Waals surface area contributed by atoms with Crippen LogP contribution in [-0.4, -0.2) is 33.4 Å². The Morgan fingerprint density at radius 3 is 1.63 bits per heavy atom. The zero-order valence-electron chi connectivity index (χ0n) is 9.51. The molecule has 0 aromatic heterocycles. The van der Waals surface area contributed by atoms with Crippen LogP contribution in [0.3, 0.4) is 0 Å². The Morgan fingerprint density at radius 1 is 1.00 bits per heavy atom. The highest BCUT2D eigenvalue weighted by Gasteiger charge is 2.69. The van der Waals surface area contributed by atoms with E-state index in [1.807, 2.05) is 0 Å². The molecule has 0 aliphatic rings. The molecule has 0 saturated carbocycles. The molecular formula is C7H10F7O4P. The fourth-order valence-electron chi connectivity index (χ4n) is 1.16. The molecule has 0 radical (unpaired) electrons. The first-order valence-electron chi connectivity index (χ1n) is 4.50. The van der Waals surface area contributed by atoms with Crippen LogP contribution in [0.1, 0.15) is 20.3 Å². The molecule has 0 aliphatic heterocycles. The Morgan fingerprint density at radius 2 is 1.37 bits per heavy atom. The van der Waals surface area contributed by atoms with E-state index in [9.17, 15) is 35.3 Å². The van der Waals surface area contributed by atoms with E-state index >= 15 is 0 Å². The number of alkyl halides is 7. The van der Waals surface area contributed by atoms with Gasteiger partial charge < -0.3 is 9.79 Å². The molecule has 0 unspecified atom stereocenters. The fourth-order valence-corrected chi connectivity index (χ4v) is 1.87. The second-order valence-corrected chi connectivity index (χ2v) is 5.33. The second-order valence-electron chi connectivity index (χ2n) is 4.16. The maximum absolute atomic E-state index is 13.3. The fraction of sp³-hybridized carbons (Fsp3) is 1.00. The summed E-state index contributed by atoms with van der Waals surface area (Å²) in [5.74, 6) is -11.1. The van der Waals surface area contributed by atoms with Crippen LogP contribution in [0.15, 0.2) is 0 Å². The Labute approximate surface area is 102 Å². The molecule has 2 N–H and O–H groups in total. The highest BCUT2D eigenvalue weighted by Crippen LogP contribution is 2.53. The van der Waals surface area contributed by atoms with Gasteiger partial charge in [0.2, 0.25) is 0 Å². The molecule has 12 heteroatoms. The smallest absolute Gasteiger partial charge is 0.303 e. The number of phosphoric acid groups is 1. The van der Waals surface area contributed by atoms with Crippen LogP contribution in [0, 0.1) is 0 Å². The Kier molecular flexibility index (Phi) is 4.77. The molecule has 0 heterocycles. The average Bonchev–Trinajstić information content (AvgIpc) is 1.92. The maximum Gasteiger partial charge on any atom is 0.470 e. The van der Waals surface area contributed by atoms with Crippen LogP contribution in [0.2, 0.25) is 0 Å². The molecule has 0 fully saturated rings. The van der Waals surface area contributed by atoms with Crippen molar-refractivity contribution in [2.75, 3.05) is 0 Å². The minimum atomic E-state index is -5.60. The lowest BCUT2D eigenvalue weighted by Gasteiger charge is -2.38. The van der Waals surface area contributed by atoms with Gasteiger partial charge in [-0.3, -0.25) is 4.52 Å². The zero-order chi connectivity index (χ0) is 15.9. The summed E-state index contributed by atoms with van der Waals surface area (Å²) in [7, 11) is -5.60. The standard InChI is InChI=1S/C7H10F7O4P/c1-4(2,18-19(15,16)17)7(13,14)5(8,9)3-6(10,11)12/h3H2,1-2H3,(H2,15,16,17). The maximum atomic E-state index is 13.3. The van der Waals surface area contributed by atoms with Crippen LogP contribution < -0.4 is 0 Å². The van der Waals surface area contributed by atoms with Crippen LogP contribution >= 0.6 is 7.82 Å². The Bertz CT molecular complexity index is 372. The van der Waals surface area contributed by atoms with Gasteiger partial charge in [-0.25, -0.2) is 4.57 Å². The van der Waals surface area contributed by atoms with Crippen molar-refractivity contribution in [1.82, 2.24) is 0 Å². The van der Waals surface area contributed by atoms with Crippen LogP contribution in [0.25, 0.3) is 0 Å². The topological polar surface area (TPSA) is 66.8 Å². The number of halogens is 7. The molecular weight excluding hydrogens is 312 g/mol. The van der Waals surface area contributed by atoms with E-state index in [0.29, 0.717) is 0 Å². The summed E-state index contributed by atoms with van der Waals surface area (Å²) >= 11 is 0. The van der Waals surface area contributed by atoms with Gasteiger partial charge in [0.1, 0.15) is 12.0 Å². The van der Waals surface area contributed by atoms with E-state index in [1.54, 1.807) is 0 Å². The lowest BCUT2D eigenvalue weighted by Crippen LogP contribution is -2.57. The molecule has 0 atom stereocenters. The van der Waals surface area contributed by atoms with Crippen molar-refractivity contribution in [3.63, 3.8) is 0 Å². The second kappa shape index (κ2) is 4.87. The van der Waals surface area contributed by atoms with E-state index in [0.717, 1.165) is 0 Å². The molecule has 0 rings (SSSR count). The third-order valence-corrected chi connectivity index (χ3v) is 2.68. The normalized spacial score (nSPS) is 15.7. The first-order valence-corrected chi connectivity index (χ1v) is 6.03. The monoisotopic (exact) mass is 322 g/mol. The van der Waals surface area contributed by atoms with Crippen molar-refractivity contribution < 1.29 is 49.6 Å². The Hall–Kier alpha value is -0.380. The van der Waals surface area contributed by atoms with Crippen molar-refractivity contribution in [3.05, 3.63) is 0 Å². The quantitative estimate of drug-likeness (QED) is 0.603. The first-order chi connectivity index (χ1) is 7.91. The van der Waals surface area contributed by atoms with Gasteiger partial charge in [-0.05, 0) is 13.8 Å². The average molecular weight is 322 g/mol. The van der Waals surface area contributed by atoms with Gasteiger partial charge >= 0.3 is 25.8 Å². The van der Waals surface area contributed by atoms with Crippen molar-refractivity contribution in [2.24, 2.45) is 0 Å². The number of hydrogen-bond acceptors (Lipinski definition) is 2. The molecule has 0 bridgehead atoms. The predicted molar refractivity (Wildman–Crippen MR) is 47.8 cm³/mol. The summed E-state index contributed by atoms with van der Waals surface area (Å²) in [6, 6.07) is 0. The van der Waals surface area contributed by atoms with Crippen LogP contribution in [0.4, 0.5) is 30.7 Å². The van der Waals surface area contributed by atoms with Gasteiger partial charge in [-0.15, -0.1) is 0 Å². The van der Waals surface area contributed by atoms with E-state index in [2.05, 4.69) is 4.52 Å². The molecule has 0 aliphatic carbocycles. The zero-order valence-corrected chi connectivity index (χ0v) is 10.4. The lowest BCUT2D eigenvalue weighted by atomic mass is 9.93. The molecule has 0 aromatic carbocycles. The third kappa shape index (κ3) is 4.90. The molecule has 0 spiro atoms. The summed E-state index contributed by atoms with van der Waals surface area (Å²) in [4.78, 5) is 16.6. The van der Waals surface area contributed by atoms with Gasteiger partial charge in [0.25, 0.3) is 0 Å². The highest BCUT2D eigenvalue weighted by atomic mass is 31.2. The number of phosphoric ester groups is 1. The van der Waals surface area contributed by atoms with Gasteiger partial charge in [0.05, 0.1) is 0 Å². The minimum Gasteiger partial charge on any atom is -0.303 e. The molecule has 0 amide bonds.